The number of rotatable bonds is 7. The Bertz CT molecular complexity index is 757. The number of ether oxygens (including phenoxy) is 1. The number of nitrogens with one attached hydrogen (secondary N) is 1. The number of nitrogens with two attached hydrogens (primary N) is 1. The Hall–Kier alpha value is -2.86. The van der Waals surface area contributed by atoms with Crippen molar-refractivity contribution in [1.82, 2.24) is 5.32 Å². The van der Waals surface area contributed by atoms with Gasteiger partial charge in [-0.25, -0.2) is 0 Å². The Morgan fingerprint density at radius 2 is 1.80 bits per heavy atom. The average molecular weight is 342 g/mol. The van der Waals surface area contributed by atoms with E-state index in [1.165, 1.54) is 0 Å². The summed E-state index contributed by atoms with van der Waals surface area (Å²) < 4.78 is 5.23. The van der Waals surface area contributed by atoms with Crippen LogP contribution in [0.1, 0.15) is 27.0 Å². The molecular weight excluding hydrogens is 320 g/mol. The zero-order valence-corrected chi connectivity index (χ0v) is 14.3. The van der Waals surface area contributed by atoms with E-state index < -0.39 is 12.0 Å². The van der Waals surface area contributed by atoms with Gasteiger partial charge in [-0.05, 0) is 42.2 Å². The molecule has 0 saturated carbocycles. The summed E-state index contributed by atoms with van der Waals surface area (Å²) >= 11 is 0. The molecule has 0 saturated heterocycles. The van der Waals surface area contributed by atoms with E-state index >= 15 is 0 Å². The van der Waals surface area contributed by atoms with Crippen molar-refractivity contribution >= 4 is 11.9 Å². The first kappa shape index (κ1) is 18.5. The molecule has 1 atom stereocenters. The van der Waals surface area contributed by atoms with Gasteiger partial charge >= 0.3 is 5.97 Å². The Morgan fingerprint density at radius 1 is 1.16 bits per heavy atom. The van der Waals surface area contributed by atoms with Crippen molar-refractivity contribution in [2.75, 3.05) is 7.11 Å². The number of methoxy groups -OCH3 is 1. The number of aryl methyl sites for hydroxylation is 1. The fraction of sp³-hybridized carbons (Fsp3) is 0.263. The maximum Gasteiger partial charge on any atom is 0.320 e. The normalized spacial score (nSPS) is 11.6. The third kappa shape index (κ3) is 5.06. The number of carbonyl (C=O) groups excluding carboxylic acids is 1. The summed E-state index contributed by atoms with van der Waals surface area (Å²) in [7, 11) is 1.57. The number of amides is 1. The standard InChI is InChI=1S/C19H22N2O4/c1-12-3-8-15(10-17(12)25-2)18(22)21-11-14-6-4-13(5-7-14)9-16(20)19(23)24/h3-8,10,16H,9,11,20H2,1-2H3,(H,21,22)(H,23,24)/t16-/m0/s1. The molecule has 0 unspecified atom stereocenters. The number of aliphatic carboxylic acids is 1. The average Bonchev–Trinajstić information content (AvgIpc) is 2.61. The van der Waals surface area contributed by atoms with Crippen LogP contribution in [0.15, 0.2) is 42.5 Å². The Balaban J connectivity index is 1.94. The van der Waals surface area contributed by atoms with Gasteiger partial charge in [0.2, 0.25) is 0 Å². The summed E-state index contributed by atoms with van der Waals surface area (Å²) in [6.45, 7) is 2.29. The van der Waals surface area contributed by atoms with Crippen LogP contribution in [0.3, 0.4) is 0 Å². The monoisotopic (exact) mass is 342 g/mol. The molecule has 25 heavy (non-hydrogen) atoms. The van der Waals surface area contributed by atoms with Crippen molar-refractivity contribution in [2.45, 2.75) is 25.9 Å². The molecule has 2 aromatic carbocycles. The molecule has 0 aliphatic rings. The predicted octanol–water partition coefficient (Wildman–Crippen LogP) is 1.89. The number of carboxylic acid groups (broad SMARTS) is 1. The van der Waals surface area contributed by atoms with Gasteiger partial charge in [-0.3, -0.25) is 9.59 Å². The number of hydrogen-bond donors (Lipinski definition) is 3. The first-order valence-corrected chi connectivity index (χ1v) is 7.89. The highest BCUT2D eigenvalue weighted by Crippen LogP contribution is 2.19. The first-order chi connectivity index (χ1) is 11.9. The van der Waals surface area contributed by atoms with Crippen LogP contribution in [0.5, 0.6) is 5.75 Å². The molecule has 0 bridgehead atoms. The van der Waals surface area contributed by atoms with Crippen molar-refractivity contribution < 1.29 is 19.4 Å². The van der Waals surface area contributed by atoms with Crippen molar-refractivity contribution in [2.24, 2.45) is 5.73 Å². The molecule has 6 heteroatoms. The molecule has 0 aliphatic carbocycles. The molecule has 0 aliphatic heterocycles. The first-order valence-electron chi connectivity index (χ1n) is 7.89. The van der Waals surface area contributed by atoms with Crippen LogP contribution < -0.4 is 15.8 Å². The Kier molecular flexibility index (Phi) is 6.14. The van der Waals surface area contributed by atoms with Gasteiger partial charge in [0, 0.05) is 12.1 Å². The lowest BCUT2D eigenvalue weighted by Crippen LogP contribution is -2.32. The topological polar surface area (TPSA) is 102 Å². The van der Waals surface area contributed by atoms with Gasteiger partial charge in [-0.2, -0.15) is 0 Å². The zero-order chi connectivity index (χ0) is 18.4. The van der Waals surface area contributed by atoms with E-state index in [1.54, 1.807) is 19.2 Å². The van der Waals surface area contributed by atoms with Crippen LogP contribution in [0.2, 0.25) is 0 Å². The smallest absolute Gasteiger partial charge is 0.320 e. The van der Waals surface area contributed by atoms with Gasteiger partial charge in [0.05, 0.1) is 7.11 Å². The molecule has 0 radical (unpaired) electrons. The summed E-state index contributed by atoms with van der Waals surface area (Å²) in [4.78, 5) is 23.0. The van der Waals surface area contributed by atoms with E-state index in [1.807, 2.05) is 37.3 Å². The van der Waals surface area contributed by atoms with Gasteiger partial charge in [-0.1, -0.05) is 30.3 Å². The van der Waals surface area contributed by atoms with Gasteiger partial charge < -0.3 is 20.9 Å². The molecule has 4 N–H and O–H groups in total. The Labute approximate surface area is 146 Å². The minimum atomic E-state index is -1.02. The highest BCUT2D eigenvalue weighted by atomic mass is 16.5. The van der Waals surface area contributed by atoms with E-state index in [9.17, 15) is 9.59 Å². The van der Waals surface area contributed by atoms with Crippen molar-refractivity contribution in [3.05, 3.63) is 64.7 Å². The van der Waals surface area contributed by atoms with Gasteiger partial charge in [0.15, 0.2) is 0 Å². The van der Waals surface area contributed by atoms with Gasteiger partial charge in [0.1, 0.15) is 11.8 Å². The predicted molar refractivity (Wildman–Crippen MR) is 94.7 cm³/mol. The summed E-state index contributed by atoms with van der Waals surface area (Å²) in [5, 5.41) is 11.7. The second kappa shape index (κ2) is 8.30. The summed E-state index contributed by atoms with van der Waals surface area (Å²) in [5.74, 6) is -0.535. The third-order valence-electron chi connectivity index (χ3n) is 3.92. The molecule has 0 aromatic heterocycles. The highest BCUT2D eigenvalue weighted by Gasteiger charge is 2.12. The van der Waals surface area contributed by atoms with E-state index in [0.29, 0.717) is 17.9 Å². The van der Waals surface area contributed by atoms with Crippen molar-refractivity contribution in [3.63, 3.8) is 0 Å². The van der Waals surface area contributed by atoms with Crippen LogP contribution in [0, 0.1) is 6.92 Å². The SMILES string of the molecule is COc1cc(C(=O)NCc2ccc(C[C@H](N)C(=O)O)cc2)ccc1C. The minimum absolute atomic E-state index is 0.185. The minimum Gasteiger partial charge on any atom is -0.496 e. The second-order valence-corrected chi connectivity index (χ2v) is 5.83. The quantitative estimate of drug-likeness (QED) is 0.713. The third-order valence-corrected chi connectivity index (χ3v) is 3.92. The van der Waals surface area contributed by atoms with E-state index in [0.717, 1.165) is 16.7 Å². The van der Waals surface area contributed by atoms with E-state index in [-0.39, 0.29) is 12.3 Å². The molecule has 1 amide bonds. The summed E-state index contributed by atoms with van der Waals surface area (Å²) in [6, 6.07) is 11.7. The fourth-order valence-electron chi connectivity index (χ4n) is 2.38. The zero-order valence-electron chi connectivity index (χ0n) is 14.3. The highest BCUT2D eigenvalue weighted by molar-refractivity contribution is 5.94. The number of carboxylic acids is 1. The molecule has 0 fully saturated rings. The van der Waals surface area contributed by atoms with Gasteiger partial charge in [0.25, 0.3) is 5.91 Å². The summed E-state index contributed by atoms with van der Waals surface area (Å²) in [6.07, 6.45) is 0.269. The maximum atomic E-state index is 12.2. The van der Waals surface area contributed by atoms with Crippen LogP contribution in [-0.2, 0) is 17.8 Å². The fourth-order valence-corrected chi connectivity index (χ4v) is 2.38. The largest absolute Gasteiger partial charge is 0.496 e. The molecular formula is C19H22N2O4. The maximum absolute atomic E-state index is 12.2. The van der Waals surface area contributed by atoms with Crippen LogP contribution in [0.25, 0.3) is 0 Å². The molecule has 6 nitrogen and oxygen atoms in total. The van der Waals surface area contributed by atoms with Crippen LogP contribution in [0.4, 0.5) is 0 Å². The number of hydrogen-bond acceptors (Lipinski definition) is 4. The lowest BCUT2D eigenvalue weighted by molar-refractivity contribution is -0.138. The van der Waals surface area contributed by atoms with Crippen molar-refractivity contribution in [1.29, 1.82) is 0 Å². The number of carbonyl (C=O) groups is 2. The summed E-state index contributed by atoms with van der Waals surface area (Å²) in [5.41, 5.74) is 8.78. The lowest BCUT2D eigenvalue weighted by atomic mass is 10.0. The van der Waals surface area contributed by atoms with Crippen LogP contribution >= 0.6 is 0 Å². The van der Waals surface area contributed by atoms with Crippen LogP contribution in [-0.4, -0.2) is 30.1 Å². The molecule has 132 valence electrons. The van der Waals surface area contributed by atoms with Crippen molar-refractivity contribution in [3.8, 4) is 5.75 Å². The van der Waals surface area contributed by atoms with E-state index in [4.69, 9.17) is 15.6 Å². The van der Waals surface area contributed by atoms with Gasteiger partial charge in [-0.15, -0.1) is 0 Å². The Morgan fingerprint density at radius 3 is 2.40 bits per heavy atom. The second-order valence-electron chi connectivity index (χ2n) is 5.83. The van der Waals surface area contributed by atoms with E-state index in [2.05, 4.69) is 5.32 Å². The number of benzene rings is 2. The molecule has 2 aromatic rings. The lowest BCUT2D eigenvalue weighted by Gasteiger charge is -2.10. The molecule has 0 heterocycles. The molecule has 0 spiro atoms. The molecule has 2 rings (SSSR count).